The molecule has 1 atom stereocenters. The fraction of sp³-hybridized carbons (Fsp3) is 0.484. The molecule has 2 aliphatic rings. The zero-order valence-corrected chi connectivity index (χ0v) is 24.3. The molecule has 1 saturated carbocycles. The van der Waals surface area contributed by atoms with Gasteiger partial charge in [0, 0.05) is 38.9 Å². The molecule has 41 heavy (non-hydrogen) atoms. The summed E-state index contributed by atoms with van der Waals surface area (Å²) in [4.78, 5) is 27.7. The van der Waals surface area contributed by atoms with Gasteiger partial charge in [-0.3, -0.25) is 10.1 Å². The number of aryl methyl sites for hydroxylation is 1. The molecular weight excluding hydrogens is 522 g/mol. The Bertz CT molecular complexity index is 1360. The highest BCUT2D eigenvalue weighted by molar-refractivity contribution is 5.87. The van der Waals surface area contributed by atoms with E-state index in [1.54, 1.807) is 18.8 Å². The molecule has 10 heteroatoms. The first-order valence-electron chi connectivity index (χ1n) is 14.3. The molecule has 2 heterocycles. The maximum atomic E-state index is 12.9. The van der Waals surface area contributed by atoms with Crippen molar-refractivity contribution in [3.8, 4) is 0 Å². The summed E-state index contributed by atoms with van der Waals surface area (Å²) in [5.74, 6) is 0.605. The van der Waals surface area contributed by atoms with E-state index < -0.39 is 17.6 Å². The summed E-state index contributed by atoms with van der Waals surface area (Å²) in [6.45, 7) is 6.23. The van der Waals surface area contributed by atoms with E-state index in [4.69, 9.17) is 14.2 Å². The van der Waals surface area contributed by atoms with Crippen LogP contribution in [0.5, 0.6) is 0 Å². The molecule has 1 aromatic heterocycles. The van der Waals surface area contributed by atoms with Crippen molar-refractivity contribution in [2.24, 2.45) is 7.05 Å². The summed E-state index contributed by atoms with van der Waals surface area (Å²) in [5, 5.41) is 11.5. The van der Waals surface area contributed by atoms with Gasteiger partial charge in [-0.05, 0) is 68.4 Å². The van der Waals surface area contributed by atoms with E-state index in [0.29, 0.717) is 19.0 Å². The zero-order valence-electron chi connectivity index (χ0n) is 24.3. The molecule has 0 spiro atoms. The van der Waals surface area contributed by atoms with E-state index in [9.17, 15) is 9.59 Å². The second kappa shape index (κ2) is 12.3. The van der Waals surface area contributed by atoms with Crippen molar-refractivity contribution in [2.75, 3.05) is 37.0 Å². The van der Waals surface area contributed by atoms with E-state index in [0.717, 1.165) is 66.8 Å². The van der Waals surface area contributed by atoms with Crippen molar-refractivity contribution in [1.29, 1.82) is 0 Å². The first-order chi connectivity index (χ1) is 19.9. The normalized spacial score (nSPS) is 17.1. The van der Waals surface area contributed by atoms with Gasteiger partial charge in [0.05, 0.1) is 18.6 Å². The van der Waals surface area contributed by atoms with Crippen LogP contribution >= 0.6 is 0 Å². The lowest BCUT2D eigenvalue weighted by Crippen LogP contribution is -2.33. The number of aromatic nitrogens is 3. The molecule has 0 radical (unpaired) electrons. The van der Waals surface area contributed by atoms with Crippen LogP contribution in [0.3, 0.4) is 0 Å². The lowest BCUT2D eigenvalue weighted by molar-refractivity contribution is -0.146. The van der Waals surface area contributed by atoms with E-state index in [1.165, 1.54) is 0 Å². The van der Waals surface area contributed by atoms with Gasteiger partial charge < -0.3 is 19.1 Å². The molecule has 2 aromatic carbocycles. The number of carbonyl (C=O) groups excluding carboxylic acids is 2. The third-order valence-corrected chi connectivity index (χ3v) is 8.23. The number of nitrogens with one attached hydrogen (secondary N) is 1. The molecule has 2 fully saturated rings. The van der Waals surface area contributed by atoms with Gasteiger partial charge in [0.2, 0.25) is 0 Å². The van der Waals surface area contributed by atoms with Crippen molar-refractivity contribution in [3.05, 3.63) is 70.9 Å². The number of rotatable bonds is 10. The molecular formula is C31H39N5O5. The molecule has 1 aliphatic heterocycles. The summed E-state index contributed by atoms with van der Waals surface area (Å²) < 4.78 is 17.9. The fourth-order valence-corrected chi connectivity index (χ4v) is 5.77. The van der Waals surface area contributed by atoms with Crippen LogP contribution in [-0.4, -0.2) is 53.9 Å². The Morgan fingerprint density at radius 3 is 2.46 bits per heavy atom. The van der Waals surface area contributed by atoms with E-state index >= 15 is 0 Å². The first-order valence-corrected chi connectivity index (χ1v) is 14.3. The van der Waals surface area contributed by atoms with Crippen LogP contribution in [0.1, 0.15) is 73.9 Å². The lowest BCUT2D eigenvalue weighted by Gasteiger charge is -2.33. The van der Waals surface area contributed by atoms with Gasteiger partial charge >= 0.3 is 12.1 Å². The summed E-state index contributed by atoms with van der Waals surface area (Å²) in [6, 6.07) is 16.1. The number of esters is 1. The number of nitrogens with zero attached hydrogens (tertiary/aromatic N) is 4. The highest BCUT2D eigenvalue weighted by Crippen LogP contribution is 2.49. The highest BCUT2D eigenvalue weighted by atomic mass is 16.6. The monoisotopic (exact) mass is 561 g/mol. The van der Waals surface area contributed by atoms with Crippen LogP contribution in [0, 0.1) is 0 Å². The Kier molecular flexibility index (Phi) is 8.58. The number of hydrogen-bond donors (Lipinski definition) is 1. The molecule has 1 N–H and O–H groups in total. The number of amides is 1. The molecule has 1 unspecified atom stereocenters. The molecule has 218 valence electrons. The number of anilines is 2. The maximum Gasteiger partial charge on any atom is 0.413 e. The Hall–Kier alpha value is -3.92. The summed E-state index contributed by atoms with van der Waals surface area (Å²) in [5.41, 5.74) is 4.37. The number of hydrogen-bond acceptors (Lipinski definition) is 8. The Balaban J connectivity index is 1.19. The maximum absolute atomic E-state index is 12.9. The summed E-state index contributed by atoms with van der Waals surface area (Å²) in [6.07, 6.45) is 2.44. The number of benzene rings is 2. The smallest absolute Gasteiger partial charge is 0.413 e. The van der Waals surface area contributed by atoms with Crippen LogP contribution < -0.4 is 10.2 Å². The molecule has 1 saturated heterocycles. The predicted octanol–water partition coefficient (Wildman–Crippen LogP) is 5.25. The second-order valence-electron chi connectivity index (χ2n) is 10.9. The minimum Gasteiger partial charge on any atom is -0.465 e. The minimum absolute atomic E-state index is 0.115. The van der Waals surface area contributed by atoms with Gasteiger partial charge in [-0.15, -0.1) is 5.10 Å². The van der Waals surface area contributed by atoms with Crippen LogP contribution in [0.25, 0.3) is 0 Å². The molecule has 1 amide bonds. The van der Waals surface area contributed by atoms with E-state index in [-0.39, 0.29) is 11.9 Å². The number of ether oxygens (including phenoxy) is 3. The summed E-state index contributed by atoms with van der Waals surface area (Å²) in [7, 11) is 3.41. The summed E-state index contributed by atoms with van der Waals surface area (Å²) >= 11 is 0. The zero-order chi connectivity index (χ0) is 29.0. The topological polar surface area (TPSA) is 108 Å². The van der Waals surface area contributed by atoms with Crippen LogP contribution in [0.4, 0.5) is 16.3 Å². The minimum atomic E-state index is -0.551. The Morgan fingerprint density at radius 1 is 1.10 bits per heavy atom. The molecule has 10 nitrogen and oxygen atoms in total. The van der Waals surface area contributed by atoms with Crippen molar-refractivity contribution in [3.63, 3.8) is 0 Å². The third-order valence-electron chi connectivity index (χ3n) is 8.23. The highest BCUT2D eigenvalue weighted by Gasteiger charge is 2.52. The van der Waals surface area contributed by atoms with Crippen molar-refractivity contribution < 1.29 is 23.8 Å². The van der Waals surface area contributed by atoms with Gasteiger partial charge in [-0.25, -0.2) is 9.48 Å². The SMILES string of the molecule is CCOC(=O)C1(c2ccc(N3CCC(c4nnn(C)c4NC(=O)OC(C)c4ccccc4COC)CC3)cc2)CC1. The average molecular weight is 562 g/mol. The van der Waals surface area contributed by atoms with Gasteiger partial charge in [0.15, 0.2) is 5.82 Å². The third kappa shape index (κ3) is 6.07. The number of methoxy groups -OCH3 is 1. The van der Waals surface area contributed by atoms with Gasteiger partial charge in [-0.1, -0.05) is 41.6 Å². The molecule has 3 aromatic rings. The number of piperidine rings is 1. The quantitative estimate of drug-likeness (QED) is 0.335. The largest absolute Gasteiger partial charge is 0.465 e. The Morgan fingerprint density at radius 2 is 1.80 bits per heavy atom. The predicted molar refractivity (Wildman–Crippen MR) is 155 cm³/mol. The second-order valence-corrected chi connectivity index (χ2v) is 10.9. The lowest BCUT2D eigenvalue weighted by atomic mass is 9.92. The molecule has 1 aliphatic carbocycles. The fourth-order valence-electron chi connectivity index (χ4n) is 5.77. The molecule has 0 bridgehead atoms. The standard InChI is InChI=1S/C31H39N5O5/c1-5-40-29(37)31(16-17-31)24-10-12-25(13-11-24)36-18-14-22(15-19-36)27-28(35(3)34-33-27)32-30(38)41-21(2)26-9-7-6-8-23(26)20-39-4/h6-13,21-22H,5,14-20H2,1-4H3,(H,32,38). The van der Waals surface area contributed by atoms with E-state index in [1.807, 2.05) is 38.1 Å². The average Bonchev–Trinajstić information content (AvgIpc) is 3.72. The van der Waals surface area contributed by atoms with Gasteiger partial charge in [-0.2, -0.15) is 0 Å². The van der Waals surface area contributed by atoms with Crippen LogP contribution in [-0.2, 0) is 38.1 Å². The molecule has 5 rings (SSSR count). The van der Waals surface area contributed by atoms with Crippen LogP contribution in [0.15, 0.2) is 48.5 Å². The van der Waals surface area contributed by atoms with E-state index in [2.05, 4.69) is 44.8 Å². The Labute approximate surface area is 241 Å². The first kappa shape index (κ1) is 28.6. The van der Waals surface area contributed by atoms with Crippen molar-refractivity contribution in [1.82, 2.24) is 15.0 Å². The van der Waals surface area contributed by atoms with Gasteiger partial charge in [0.1, 0.15) is 11.8 Å². The van der Waals surface area contributed by atoms with Crippen molar-refractivity contribution in [2.45, 2.75) is 63.6 Å². The number of carbonyl (C=O) groups is 2. The van der Waals surface area contributed by atoms with Crippen LogP contribution in [0.2, 0.25) is 0 Å². The van der Waals surface area contributed by atoms with Crippen molar-refractivity contribution >= 4 is 23.6 Å². The van der Waals surface area contributed by atoms with Gasteiger partial charge in [0.25, 0.3) is 0 Å².